The van der Waals surface area contributed by atoms with Gasteiger partial charge in [-0.15, -0.1) is 11.3 Å². The summed E-state index contributed by atoms with van der Waals surface area (Å²) in [5.74, 6) is 1.69. The van der Waals surface area contributed by atoms with Gasteiger partial charge in [-0.2, -0.15) is 0 Å². The van der Waals surface area contributed by atoms with Crippen molar-refractivity contribution in [1.29, 1.82) is 0 Å². The third-order valence-electron chi connectivity index (χ3n) is 15.9. The van der Waals surface area contributed by atoms with Gasteiger partial charge in [-0.05, 0) is 91.3 Å². The summed E-state index contributed by atoms with van der Waals surface area (Å²) in [7, 11) is 3.29. The summed E-state index contributed by atoms with van der Waals surface area (Å²) in [6.07, 6.45) is 11.2. The van der Waals surface area contributed by atoms with Crippen LogP contribution in [0.5, 0.6) is 11.5 Å². The minimum Gasteiger partial charge on any atom is -0.497 e. The Labute approximate surface area is 352 Å². The molecule has 0 amide bonds. The smallest absolute Gasteiger partial charge is 0.199 e. The Bertz CT molecular complexity index is 2240. The highest BCUT2D eigenvalue weighted by Crippen LogP contribution is 2.78. The Morgan fingerprint density at radius 2 is 1.64 bits per heavy atom. The van der Waals surface area contributed by atoms with Crippen LogP contribution in [0.25, 0.3) is 10.1 Å². The van der Waals surface area contributed by atoms with Crippen molar-refractivity contribution >= 4 is 27.2 Å². The number of fused-ring (bicyclic) bond motifs is 2. The first kappa shape index (κ1) is 40.6. The fourth-order valence-electron chi connectivity index (χ4n) is 12.8. The maximum Gasteiger partial charge on any atom is 0.199 e. The van der Waals surface area contributed by atoms with Crippen molar-refractivity contribution in [1.82, 2.24) is 4.90 Å². The molecule has 0 aliphatic heterocycles. The van der Waals surface area contributed by atoms with E-state index in [9.17, 15) is 15.3 Å². The number of carbonyl (C=O) groups excluding carboxylic acids is 1. The predicted octanol–water partition coefficient (Wildman–Crippen LogP) is 8.77. The van der Waals surface area contributed by atoms with Gasteiger partial charge < -0.3 is 29.5 Å². The van der Waals surface area contributed by atoms with Gasteiger partial charge in [-0.1, -0.05) is 86.7 Å². The average Bonchev–Trinajstić information content (AvgIpc) is 3.79. The number of rotatable bonds is 14. The Hall–Kier alpha value is -3.83. The Morgan fingerprint density at radius 1 is 0.898 bits per heavy atom. The van der Waals surface area contributed by atoms with Gasteiger partial charge >= 0.3 is 0 Å². The number of ether oxygens (including phenoxy) is 3. The number of ketones is 1. The summed E-state index contributed by atoms with van der Waals surface area (Å²) in [5.41, 5.74) is 0.128. The monoisotopic (exact) mass is 817 g/mol. The molecule has 2 spiro atoms. The largest absolute Gasteiger partial charge is 0.497 e. The van der Waals surface area contributed by atoms with Gasteiger partial charge in [0.25, 0.3) is 0 Å². The molecule has 3 N–H and O–H groups in total. The fourth-order valence-corrected chi connectivity index (χ4v) is 13.9. The molecule has 4 aromatic rings. The third-order valence-corrected chi connectivity index (χ3v) is 17.0. The van der Waals surface area contributed by atoms with Crippen LogP contribution in [0.1, 0.15) is 79.6 Å². The zero-order chi connectivity index (χ0) is 41.2. The lowest BCUT2D eigenvalue weighted by molar-refractivity contribution is -0.177. The second-order valence-electron chi connectivity index (χ2n) is 18.8. The zero-order valence-corrected chi connectivity index (χ0v) is 35.7. The van der Waals surface area contributed by atoms with E-state index in [1.54, 1.807) is 25.6 Å². The maximum absolute atomic E-state index is 15.2. The van der Waals surface area contributed by atoms with Crippen LogP contribution in [0, 0.1) is 33.5 Å². The lowest BCUT2D eigenvalue weighted by atomic mass is 9.32. The van der Waals surface area contributed by atoms with Crippen molar-refractivity contribution in [2.45, 2.75) is 89.8 Å². The van der Waals surface area contributed by atoms with E-state index in [1.807, 2.05) is 60.7 Å². The molecule has 9 heteroatoms. The number of hydrogen-bond acceptors (Lipinski definition) is 9. The lowest BCUT2D eigenvalue weighted by Crippen LogP contribution is -2.67. The second kappa shape index (κ2) is 15.3. The van der Waals surface area contributed by atoms with E-state index in [1.165, 1.54) is 0 Å². The quantitative estimate of drug-likeness (QED) is 0.0857. The van der Waals surface area contributed by atoms with E-state index < -0.39 is 34.1 Å². The summed E-state index contributed by atoms with van der Waals surface area (Å²) in [5, 5.41) is 37.1. The summed E-state index contributed by atoms with van der Waals surface area (Å²) in [6.45, 7) is 6.33. The van der Waals surface area contributed by atoms with Crippen molar-refractivity contribution < 1.29 is 34.3 Å². The van der Waals surface area contributed by atoms with Gasteiger partial charge in [0, 0.05) is 57.8 Å². The van der Waals surface area contributed by atoms with Gasteiger partial charge in [0.2, 0.25) is 0 Å². The summed E-state index contributed by atoms with van der Waals surface area (Å²) < 4.78 is 18.4. The number of thiophene rings is 1. The fraction of sp³-hybridized carbons (Fsp3) is 0.500. The summed E-state index contributed by atoms with van der Waals surface area (Å²) in [4.78, 5) is 18.1. The number of hydrogen-bond donors (Lipinski definition) is 3. The molecule has 0 saturated heterocycles. The highest BCUT2D eigenvalue weighted by Gasteiger charge is 2.74. The molecular formula is C50H59NO7S. The normalized spacial score (nSPS) is 33.6. The van der Waals surface area contributed by atoms with Gasteiger partial charge in [-0.3, -0.25) is 9.69 Å². The van der Waals surface area contributed by atoms with Gasteiger partial charge in [0.05, 0.1) is 50.1 Å². The van der Waals surface area contributed by atoms with Gasteiger partial charge in [0.15, 0.2) is 5.78 Å². The first-order chi connectivity index (χ1) is 28.4. The van der Waals surface area contributed by atoms with Crippen molar-refractivity contribution in [2.75, 3.05) is 33.9 Å². The van der Waals surface area contributed by atoms with Crippen LogP contribution < -0.4 is 9.47 Å². The van der Waals surface area contributed by atoms with Gasteiger partial charge in [0.1, 0.15) is 11.5 Å². The van der Waals surface area contributed by atoms with Crippen LogP contribution >= 0.6 is 11.3 Å². The topological polar surface area (TPSA) is 109 Å². The Morgan fingerprint density at radius 3 is 2.42 bits per heavy atom. The standard InChI is InChI=1S/C50H59NO7S/c1-46-19-16-36(52)26-48(46)22-23-50(39(27-48)45(54)42-24-34-12-8-9-13-41(34)59-42)43(46)17-20-47(2)44(50)18-21-49(47,55)32-51(28-35-14-15-38(56-3)25-40(35)57-4)29-37(53)31-58-30-33-10-6-5-7-11-33/h5-15,22-25,27,36-37,43-44,52-53,55H,16-21,26,28-32H2,1-4H3/t36?,37-,43-,44-,46-,47+,48+,49-,50-/m1/s1. The number of Topliss-reactive ketones (excluding diaryl/α,β-unsaturated/α-hetero) is 1. The van der Waals surface area contributed by atoms with E-state index in [2.05, 4.69) is 55.2 Å². The number of benzene rings is 3. The van der Waals surface area contributed by atoms with Crippen LogP contribution in [0.2, 0.25) is 0 Å². The van der Waals surface area contributed by atoms with E-state index in [0.717, 1.165) is 63.8 Å². The molecule has 3 saturated carbocycles. The first-order valence-electron chi connectivity index (χ1n) is 21.5. The van der Waals surface area contributed by atoms with E-state index >= 15 is 4.79 Å². The van der Waals surface area contributed by atoms with Crippen molar-refractivity contribution in [3.8, 4) is 11.5 Å². The SMILES string of the molecule is COc1ccc(CN(C[C@@H](O)COCc2ccccc2)C[C@]2(O)CC[C@H]3[C@]45C=C[C@@]6(C=C4C(=O)c4cc7ccccc7s4)CC(O)CC[C@]6(C)[C@H]5CC[C@@]32C)c(OC)c1. The highest BCUT2D eigenvalue weighted by molar-refractivity contribution is 7.21. The van der Waals surface area contributed by atoms with Crippen LogP contribution in [-0.4, -0.2) is 77.7 Å². The van der Waals surface area contributed by atoms with Crippen LogP contribution in [-0.2, 0) is 17.9 Å². The number of aliphatic hydroxyl groups is 3. The molecule has 1 unspecified atom stereocenters. The number of aliphatic hydroxyl groups excluding tert-OH is 2. The van der Waals surface area contributed by atoms with E-state index in [-0.39, 0.29) is 29.6 Å². The molecule has 1 aromatic heterocycles. The minimum absolute atomic E-state index is 0.0121. The summed E-state index contributed by atoms with van der Waals surface area (Å²) in [6, 6.07) is 26.0. The molecule has 9 atom stereocenters. The molecule has 1 heterocycles. The van der Waals surface area contributed by atoms with E-state index in [0.29, 0.717) is 50.6 Å². The molecule has 312 valence electrons. The lowest BCUT2D eigenvalue weighted by Gasteiger charge is -2.71. The van der Waals surface area contributed by atoms with Gasteiger partial charge in [-0.25, -0.2) is 0 Å². The summed E-state index contributed by atoms with van der Waals surface area (Å²) >= 11 is 1.57. The molecule has 8 nitrogen and oxygen atoms in total. The van der Waals surface area contributed by atoms with Crippen molar-refractivity contribution in [3.63, 3.8) is 0 Å². The Kier molecular flexibility index (Phi) is 10.5. The average molecular weight is 818 g/mol. The number of nitrogens with zero attached hydrogens (tertiary/aromatic N) is 1. The number of carbonyl (C=O) groups is 1. The van der Waals surface area contributed by atoms with Crippen molar-refractivity contribution in [3.05, 3.63) is 119 Å². The van der Waals surface area contributed by atoms with Crippen LogP contribution in [0.15, 0.2) is 103 Å². The molecule has 6 aliphatic carbocycles. The molecule has 3 fully saturated rings. The predicted molar refractivity (Wildman–Crippen MR) is 232 cm³/mol. The van der Waals surface area contributed by atoms with Crippen LogP contribution in [0.4, 0.5) is 0 Å². The highest BCUT2D eigenvalue weighted by atomic mass is 32.1. The number of methoxy groups -OCH3 is 2. The van der Waals surface area contributed by atoms with Crippen molar-refractivity contribution in [2.24, 2.45) is 33.5 Å². The Balaban J connectivity index is 1.06. The maximum atomic E-state index is 15.2. The molecule has 10 rings (SSSR count). The number of allylic oxidation sites excluding steroid dienone is 4. The molecule has 3 aromatic carbocycles. The van der Waals surface area contributed by atoms with E-state index in [4.69, 9.17) is 14.2 Å². The second-order valence-corrected chi connectivity index (χ2v) is 19.9. The minimum atomic E-state index is -1.11. The van der Waals surface area contributed by atoms with Crippen LogP contribution in [0.3, 0.4) is 0 Å². The molecule has 0 radical (unpaired) electrons. The molecular weight excluding hydrogens is 759 g/mol. The molecule has 6 aliphatic rings. The third kappa shape index (κ3) is 6.54. The molecule has 2 bridgehead atoms. The molecule has 59 heavy (non-hydrogen) atoms. The zero-order valence-electron chi connectivity index (χ0n) is 34.9. The first-order valence-corrected chi connectivity index (χ1v) is 22.3.